The number of aromatic nitrogens is 2. The van der Waals surface area contributed by atoms with Crippen LogP contribution in [-0.4, -0.2) is 35.7 Å². The molecular formula is C20H26N4O3. The molecule has 1 aliphatic heterocycles. The molecule has 0 radical (unpaired) electrons. The summed E-state index contributed by atoms with van der Waals surface area (Å²) in [5, 5.41) is 2.83. The van der Waals surface area contributed by atoms with Crippen LogP contribution >= 0.6 is 0 Å². The lowest BCUT2D eigenvalue weighted by atomic mass is 10.1. The van der Waals surface area contributed by atoms with Crippen LogP contribution in [0.25, 0.3) is 0 Å². The van der Waals surface area contributed by atoms with Gasteiger partial charge in [0.25, 0.3) is 5.56 Å². The molecule has 0 bridgehead atoms. The summed E-state index contributed by atoms with van der Waals surface area (Å²) in [5.74, 6) is 1.05. The lowest BCUT2D eigenvalue weighted by Gasteiger charge is -2.30. The van der Waals surface area contributed by atoms with E-state index in [1.165, 1.54) is 11.0 Å². The monoisotopic (exact) mass is 370 g/mol. The number of carbonyl (C=O) groups is 1. The molecule has 0 unspecified atom stereocenters. The fourth-order valence-electron chi connectivity index (χ4n) is 3.24. The Bertz CT molecular complexity index is 868. The normalized spacial score (nSPS) is 14.1. The fourth-order valence-corrected chi connectivity index (χ4v) is 3.24. The van der Waals surface area contributed by atoms with Gasteiger partial charge in [-0.2, -0.15) is 0 Å². The number of hydrogen-bond donors (Lipinski definition) is 1. The SMILES string of the molecule is COc1ccc(NC(=O)Cn2c(N3CCCCC3)nc(C)c(C)c2=O)cc1. The Morgan fingerprint density at radius 3 is 2.44 bits per heavy atom. The van der Waals surface area contributed by atoms with Crippen LogP contribution in [-0.2, 0) is 11.3 Å². The maximum atomic E-state index is 12.8. The van der Waals surface area contributed by atoms with E-state index in [1.807, 2.05) is 6.92 Å². The molecule has 27 heavy (non-hydrogen) atoms. The number of aryl methyl sites for hydroxylation is 1. The second-order valence-corrected chi connectivity index (χ2v) is 6.84. The molecule has 7 heteroatoms. The number of methoxy groups -OCH3 is 1. The van der Waals surface area contributed by atoms with E-state index in [1.54, 1.807) is 38.3 Å². The number of rotatable bonds is 5. The van der Waals surface area contributed by atoms with Gasteiger partial charge in [0.15, 0.2) is 0 Å². The first kappa shape index (κ1) is 18.9. The number of anilines is 2. The molecule has 1 N–H and O–H groups in total. The molecule has 144 valence electrons. The number of nitrogens with one attached hydrogen (secondary N) is 1. The third-order valence-corrected chi connectivity index (χ3v) is 4.93. The van der Waals surface area contributed by atoms with Crippen LogP contribution < -0.4 is 20.5 Å². The van der Waals surface area contributed by atoms with E-state index in [-0.39, 0.29) is 18.0 Å². The van der Waals surface area contributed by atoms with Crippen molar-refractivity contribution in [1.29, 1.82) is 0 Å². The molecule has 3 rings (SSSR count). The molecule has 7 nitrogen and oxygen atoms in total. The van der Waals surface area contributed by atoms with Gasteiger partial charge in [-0.3, -0.25) is 14.2 Å². The fraction of sp³-hybridized carbons (Fsp3) is 0.450. The van der Waals surface area contributed by atoms with Crippen molar-refractivity contribution < 1.29 is 9.53 Å². The van der Waals surface area contributed by atoms with E-state index >= 15 is 0 Å². The van der Waals surface area contributed by atoms with Gasteiger partial charge in [-0.25, -0.2) is 4.98 Å². The summed E-state index contributed by atoms with van der Waals surface area (Å²) in [4.78, 5) is 32.1. The summed E-state index contributed by atoms with van der Waals surface area (Å²) < 4.78 is 6.61. The Kier molecular flexibility index (Phi) is 5.78. The second-order valence-electron chi connectivity index (χ2n) is 6.84. The molecule has 0 saturated carbocycles. The third kappa shape index (κ3) is 4.30. The number of piperidine rings is 1. The molecule has 1 saturated heterocycles. The smallest absolute Gasteiger partial charge is 0.258 e. The molecule has 1 aliphatic rings. The average molecular weight is 370 g/mol. The second kappa shape index (κ2) is 8.24. The van der Waals surface area contributed by atoms with Gasteiger partial charge >= 0.3 is 0 Å². The number of ether oxygens (including phenoxy) is 1. The van der Waals surface area contributed by atoms with Gasteiger partial charge in [0, 0.05) is 30.0 Å². The summed E-state index contributed by atoms with van der Waals surface area (Å²) >= 11 is 0. The van der Waals surface area contributed by atoms with Crippen molar-refractivity contribution in [3.8, 4) is 5.75 Å². The summed E-state index contributed by atoms with van der Waals surface area (Å²) in [7, 11) is 1.59. The quantitative estimate of drug-likeness (QED) is 0.875. The molecule has 2 heterocycles. The zero-order valence-electron chi connectivity index (χ0n) is 16.1. The predicted molar refractivity (Wildman–Crippen MR) is 106 cm³/mol. The van der Waals surface area contributed by atoms with Crippen molar-refractivity contribution in [1.82, 2.24) is 9.55 Å². The highest BCUT2D eigenvalue weighted by atomic mass is 16.5. The van der Waals surface area contributed by atoms with Gasteiger partial charge in [-0.1, -0.05) is 0 Å². The molecule has 1 fully saturated rings. The molecule has 1 aromatic carbocycles. The molecule has 0 atom stereocenters. The maximum Gasteiger partial charge on any atom is 0.258 e. The van der Waals surface area contributed by atoms with E-state index < -0.39 is 0 Å². The lowest BCUT2D eigenvalue weighted by Crippen LogP contribution is -2.39. The van der Waals surface area contributed by atoms with Crippen molar-refractivity contribution in [2.24, 2.45) is 0 Å². The van der Waals surface area contributed by atoms with Crippen LogP contribution in [0.3, 0.4) is 0 Å². The minimum atomic E-state index is -0.259. The third-order valence-electron chi connectivity index (χ3n) is 4.93. The first-order valence-electron chi connectivity index (χ1n) is 9.26. The van der Waals surface area contributed by atoms with Crippen LogP contribution in [0.5, 0.6) is 5.75 Å². The Balaban J connectivity index is 1.84. The van der Waals surface area contributed by atoms with Crippen LogP contribution in [0, 0.1) is 13.8 Å². The summed E-state index contributed by atoms with van der Waals surface area (Å²) in [6.07, 6.45) is 3.32. The highest BCUT2D eigenvalue weighted by molar-refractivity contribution is 5.90. The van der Waals surface area contributed by atoms with Gasteiger partial charge < -0.3 is 15.0 Å². The van der Waals surface area contributed by atoms with Crippen LogP contribution in [0.4, 0.5) is 11.6 Å². The number of benzene rings is 1. The minimum absolute atomic E-state index is 0.0647. The van der Waals surface area contributed by atoms with Crippen LogP contribution in [0.2, 0.25) is 0 Å². The molecule has 2 aromatic rings. The van der Waals surface area contributed by atoms with Crippen molar-refractivity contribution in [2.75, 3.05) is 30.4 Å². The van der Waals surface area contributed by atoms with Gasteiger partial charge in [0.05, 0.1) is 7.11 Å². The zero-order valence-corrected chi connectivity index (χ0v) is 16.1. The Labute approximate surface area is 159 Å². The number of hydrogen-bond acceptors (Lipinski definition) is 5. The van der Waals surface area contributed by atoms with Crippen molar-refractivity contribution >= 4 is 17.5 Å². The first-order valence-corrected chi connectivity index (χ1v) is 9.26. The topological polar surface area (TPSA) is 76.5 Å². The number of nitrogens with zero attached hydrogens (tertiary/aromatic N) is 3. The van der Waals surface area contributed by atoms with Gasteiger partial charge in [0.1, 0.15) is 12.3 Å². The first-order chi connectivity index (χ1) is 13.0. The Morgan fingerprint density at radius 2 is 1.81 bits per heavy atom. The van der Waals surface area contributed by atoms with E-state index in [4.69, 9.17) is 4.74 Å². The molecule has 0 aliphatic carbocycles. The van der Waals surface area contributed by atoms with E-state index in [2.05, 4.69) is 15.2 Å². The lowest BCUT2D eigenvalue weighted by molar-refractivity contribution is -0.116. The maximum absolute atomic E-state index is 12.8. The van der Waals surface area contributed by atoms with E-state index in [9.17, 15) is 9.59 Å². The molecule has 1 aromatic heterocycles. The van der Waals surface area contributed by atoms with Crippen molar-refractivity contribution in [3.63, 3.8) is 0 Å². The number of amides is 1. The largest absolute Gasteiger partial charge is 0.497 e. The summed E-state index contributed by atoms with van der Waals surface area (Å²) in [6.45, 7) is 5.24. The Morgan fingerprint density at radius 1 is 1.15 bits per heavy atom. The molecule has 0 spiro atoms. The molecule has 1 amide bonds. The predicted octanol–water partition coefficient (Wildman–Crippen LogP) is 2.50. The van der Waals surface area contributed by atoms with E-state index in [0.717, 1.165) is 31.7 Å². The van der Waals surface area contributed by atoms with Gasteiger partial charge in [-0.15, -0.1) is 0 Å². The number of carbonyl (C=O) groups excluding carboxylic acids is 1. The van der Waals surface area contributed by atoms with Crippen molar-refractivity contribution in [2.45, 2.75) is 39.7 Å². The van der Waals surface area contributed by atoms with Crippen LogP contribution in [0.15, 0.2) is 29.1 Å². The van der Waals surface area contributed by atoms with Crippen LogP contribution in [0.1, 0.15) is 30.5 Å². The minimum Gasteiger partial charge on any atom is -0.497 e. The summed E-state index contributed by atoms with van der Waals surface area (Å²) in [5.41, 5.74) is 1.79. The zero-order chi connectivity index (χ0) is 19.4. The summed E-state index contributed by atoms with van der Waals surface area (Å²) in [6, 6.07) is 7.09. The average Bonchev–Trinajstić information content (AvgIpc) is 2.69. The highest BCUT2D eigenvalue weighted by Gasteiger charge is 2.20. The Hall–Kier alpha value is -2.83. The van der Waals surface area contributed by atoms with E-state index in [0.29, 0.717) is 22.9 Å². The van der Waals surface area contributed by atoms with Crippen molar-refractivity contribution in [3.05, 3.63) is 45.9 Å². The highest BCUT2D eigenvalue weighted by Crippen LogP contribution is 2.19. The molecular weight excluding hydrogens is 344 g/mol. The van der Waals surface area contributed by atoms with Gasteiger partial charge in [-0.05, 0) is 57.4 Å². The van der Waals surface area contributed by atoms with Gasteiger partial charge in [0.2, 0.25) is 11.9 Å². The standard InChI is InChI=1S/C20H26N4O3/c1-14-15(2)21-20(23-11-5-4-6-12-23)24(19(14)26)13-18(25)22-16-7-9-17(27-3)10-8-16/h7-10H,4-6,11-13H2,1-3H3,(H,22,25).